The van der Waals surface area contributed by atoms with E-state index in [1.807, 2.05) is 0 Å². The molecule has 0 radical (unpaired) electrons. The number of aliphatic carboxylic acids is 1. The third kappa shape index (κ3) is 4.09. The number of rotatable bonds is 5. The fourth-order valence-corrected chi connectivity index (χ4v) is 2.37. The Balaban J connectivity index is 2.51. The molecule has 1 aliphatic heterocycles. The molecule has 0 aromatic heterocycles. The van der Waals surface area contributed by atoms with Crippen molar-refractivity contribution in [1.29, 1.82) is 0 Å². The van der Waals surface area contributed by atoms with Gasteiger partial charge in [0.25, 0.3) is 0 Å². The van der Waals surface area contributed by atoms with Crippen LogP contribution in [0.2, 0.25) is 0 Å². The quantitative estimate of drug-likeness (QED) is 0.697. The Hall–Kier alpha value is -1.30. The molecule has 1 fully saturated rings. The fraction of sp³-hybridized carbons (Fsp3) is 0.846. The van der Waals surface area contributed by atoms with Crippen molar-refractivity contribution in [2.24, 2.45) is 0 Å². The number of urea groups is 1. The molecule has 1 saturated heterocycles. The van der Waals surface area contributed by atoms with Gasteiger partial charge in [0.15, 0.2) is 0 Å². The Morgan fingerprint density at radius 2 is 1.79 bits per heavy atom. The van der Waals surface area contributed by atoms with Crippen LogP contribution in [0.4, 0.5) is 4.79 Å². The van der Waals surface area contributed by atoms with Gasteiger partial charge < -0.3 is 20.6 Å². The summed E-state index contributed by atoms with van der Waals surface area (Å²) in [7, 11) is 2.06. The van der Waals surface area contributed by atoms with Gasteiger partial charge >= 0.3 is 12.0 Å². The number of hydrogen-bond donors (Lipinski definition) is 3. The number of piperidine rings is 1. The van der Waals surface area contributed by atoms with Crippen molar-refractivity contribution in [3.8, 4) is 0 Å². The van der Waals surface area contributed by atoms with Crippen LogP contribution in [0, 0.1) is 0 Å². The number of hydrogen-bond acceptors (Lipinski definition) is 3. The molecule has 0 bridgehead atoms. The van der Waals surface area contributed by atoms with Crippen LogP contribution >= 0.6 is 0 Å². The Kier molecular flexibility index (Phi) is 5.60. The first-order chi connectivity index (χ1) is 8.93. The van der Waals surface area contributed by atoms with Crippen LogP contribution in [0.3, 0.4) is 0 Å². The summed E-state index contributed by atoms with van der Waals surface area (Å²) in [6.45, 7) is 5.45. The van der Waals surface area contributed by atoms with Crippen LogP contribution in [0.25, 0.3) is 0 Å². The van der Waals surface area contributed by atoms with Gasteiger partial charge in [-0.15, -0.1) is 0 Å². The summed E-state index contributed by atoms with van der Waals surface area (Å²) in [4.78, 5) is 25.5. The van der Waals surface area contributed by atoms with Gasteiger partial charge in [-0.05, 0) is 45.8 Å². The van der Waals surface area contributed by atoms with Crippen LogP contribution in [-0.4, -0.2) is 53.7 Å². The van der Waals surface area contributed by atoms with Gasteiger partial charge in [0, 0.05) is 6.04 Å². The topological polar surface area (TPSA) is 81.7 Å². The number of carbonyl (C=O) groups excluding carboxylic acids is 1. The summed E-state index contributed by atoms with van der Waals surface area (Å²) >= 11 is 0. The molecule has 0 saturated carbocycles. The zero-order valence-electron chi connectivity index (χ0n) is 12.0. The van der Waals surface area contributed by atoms with E-state index >= 15 is 0 Å². The van der Waals surface area contributed by atoms with Crippen molar-refractivity contribution < 1.29 is 14.7 Å². The minimum absolute atomic E-state index is 0.136. The maximum atomic E-state index is 11.9. The Bertz CT molecular complexity index is 321. The Morgan fingerprint density at radius 1 is 1.26 bits per heavy atom. The van der Waals surface area contributed by atoms with Crippen LogP contribution in [0.5, 0.6) is 0 Å². The van der Waals surface area contributed by atoms with Crippen molar-refractivity contribution in [3.05, 3.63) is 0 Å². The lowest BCUT2D eigenvalue weighted by molar-refractivity contribution is -0.144. The van der Waals surface area contributed by atoms with E-state index in [1.165, 1.54) is 0 Å². The van der Waals surface area contributed by atoms with E-state index in [2.05, 4.69) is 22.6 Å². The third-order valence-electron chi connectivity index (χ3n) is 4.02. The van der Waals surface area contributed by atoms with Gasteiger partial charge in [-0.3, -0.25) is 0 Å². The molecular weight excluding hydrogens is 246 g/mol. The highest BCUT2D eigenvalue weighted by Gasteiger charge is 2.36. The highest BCUT2D eigenvalue weighted by atomic mass is 16.4. The van der Waals surface area contributed by atoms with Gasteiger partial charge in [-0.25, -0.2) is 9.59 Å². The molecule has 110 valence electrons. The smallest absolute Gasteiger partial charge is 0.329 e. The molecule has 0 aliphatic carbocycles. The molecule has 0 spiro atoms. The fourth-order valence-electron chi connectivity index (χ4n) is 2.37. The lowest BCUT2D eigenvalue weighted by atomic mass is 9.93. The predicted octanol–water partition coefficient (Wildman–Crippen LogP) is 1.02. The highest BCUT2D eigenvalue weighted by molar-refractivity contribution is 5.86. The third-order valence-corrected chi connectivity index (χ3v) is 4.02. The molecular formula is C13H25N3O3. The first-order valence-corrected chi connectivity index (χ1v) is 6.94. The van der Waals surface area contributed by atoms with Crippen LogP contribution < -0.4 is 10.6 Å². The minimum atomic E-state index is -1.16. The number of carboxylic acid groups (broad SMARTS) is 1. The maximum absolute atomic E-state index is 11.9. The molecule has 0 aromatic carbocycles. The van der Waals surface area contributed by atoms with Gasteiger partial charge in [0.1, 0.15) is 5.54 Å². The van der Waals surface area contributed by atoms with Crippen molar-refractivity contribution in [1.82, 2.24) is 15.5 Å². The molecule has 19 heavy (non-hydrogen) atoms. The molecule has 1 heterocycles. The van der Waals surface area contributed by atoms with Gasteiger partial charge in [-0.2, -0.15) is 0 Å². The lowest BCUT2D eigenvalue weighted by Gasteiger charge is -2.32. The monoisotopic (exact) mass is 271 g/mol. The van der Waals surface area contributed by atoms with E-state index in [-0.39, 0.29) is 12.1 Å². The minimum Gasteiger partial charge on any atom is -0.480 e. The van der Waals surface area contributed by atoms with Crippen molar-refractivity contribution in [3.63, 3.8) is 0 Å². The summed E-state index contributed by atoms with van der Waals surface area (Å²) in [6.07, 6.45) is 2.56. The van der Waals surface area contributed by atoms with Crippen LogP contribution in [0.1, 0.15) is 39.5 Å². The van der Waals surface area contributed by atoms with E-state index in [4.69, 9.17) is 0 Å². The summed E-state index contributed by atoms with van der Waals surface area (Å²) in [6, 6.07) is -0.239. The zero-order valence-corrected chi connectivity index (χ0v) is 12.0. The van der Waals surface area contributed by atoms with E-state index in [0.29, 0.717) is 12.8 Å². The zero-order chi connectivity index (χ0) is 14.5. The standard InChI is InChI=1S/C13H25N3O3/c1-4-13(5-2,11(17)18)15-12(19)14-10-6-8-16(3)9-7-10/h10H,4-9H2,1-3H3,(H,17,18)(H2,14,15,19). The summed E-state index contributed by atoms with van der Waals surface area (Å²) < 4.78 is 0. The van der Waals surface area contributed by atoms with Crippen LogP contribution in [-0.2, 0) is 4.79 Å². The predicted molar refractivity (Wildman–Crippen MR) is 73.1 cm³/mol. The van der Waals surface area contributed by atoms with E-state index < -0.39 is 11.5 Å². The SMILES string of the molecule is CCC(CC)(NC(=O)NC1CCN(C)CC1)C(=O)O. The molecule has 6 heteroatoms. The highest BCUT2D eigenvalue weighted by Crippen LogP contribution is 2.15. The number of nitrogens with one attached hydrogen (secondary N) is 2. The maximum Gasteiger partial charge on any atom is 0.329 e. The Morgan fingerprint density at radius 3 is 2.21 bits per heavy atom. The van der Waals surface area contributed by atoms with Crippen molar-refractivity contribution in [2.45, 2.75) is 51.1 Å². The number of carboxylic acids is 1. The van der Waals surface area contributed by atoms with E-state index in [0.717, 1.165) is 25.9 Å². The second-order valence-corrected chi connectivity index (χ2v) is 5.27. The Labute approximate surface area is 114 Å². The van der Waals surface area contributed by atoms with Crippen LogP contribution in [0.15, 0.2) is 0 Å². The van der Waals surface area contributed by atoms with Gasteiger partial charge in [0.2, 0.25) is 0 Å². The number of likely N-dealkylation sites (tertiary alicyclic amines) is 1. The average molecular weight is 271 g/mol. The van der Waals surface area contributed by atoms with E-state index in [1.54, 1.807) is 13.8 Å². The lowest BCUT2D eigenvalue weighted by Crippen LogP contribution is -2.58. The molecule has 0 aromatic rings. The number of carbonyl (C=O) groups is 2. The van der Waals surface area contributed by atoms with Gasteiger partial charge in [-0.1, -0.05) is 13.8 Å². The normalized spacial score (nSPS) is 18.1. The molecule has 0 unspecified atom stereocenters. The molecule has 6 nitrogen and oxygen atoms in total. The largest absolute Gasteiger partial charge is 0.480 e. The molecule has 1 aliphatic rings. The molecule has 1 rings (SSSR count). The van der Waals surface area contributed by atoms with Crippen molar-refractivity contribution >= 4 is 12.0 Å². The number of amides is 2. The summed E-state index contributed by atoms with van der Waals surface area (Å²) in [5, 5.41) is 14.8. The first-order valence-electron chi connectivity index (χ1n) is 6.94. The second kappa shape index (κ2) is 6.75. The number of nitrogens with zero attached hydrogens (tertiary/aromatic N) is 1. The van der Waals surface area contributed by atoms with Crippen molar-refractivity contribution in [2.75, 3.05) is 20.1 Å². The average Bonchev–Trinajstić information content (AvgIpc) is 2.38. The summed E-state index contributed by atoms with van der Waals surface area (Å²) in [5.74, 6) is -0.976. The first kappa shape index (κ1) is 15.8. The molecule has 3 N–H and O–H groups in total. The van der Waals surface area contributed by atoms with Gasteiger partial charge in [0.05, 0.1) is 0 Å². The molecule has 2 amide bonds. The summed E-state index contributed by atoms with van der Waals surface area (Å²) in [5.41, 5.74) is -1.16. The second-order valence-electron chi connectivity index (χ2n) is 5.27. The molecule has 0 atom stereocenters. The van der Waals surface area contributed by atoms with E-state index in [9.17, 15) is 14.7 Å².